The molecule has 0 aliphatic carbocycles. The van der Waals surface area contributed by atoms with E-state index in [0.29, 0.717) is 19.4 Å². The van der Waals surface area contributed by atoms with Crippen LogP contribution in [0.1, 0.15) is 26.2 Å². The van der Waals surface area contributed by atoms with E-state index in [0.717, 1.165) is 0 Å². The quantitative estimate of drug-likeness (QED) is 0.719. The highest BCUT2D eigenvalue weighted by molar-refractivity contribution is 5.87. The normalized spacial score (nSPS) is 36.7. The van der Waals surface area contributed by atoms with E-state index in [1.807, 2.05) is 6.92 Å². The lowest BCUT2D eigenvalue weighted by molar-refractivity contribution is -0.148. The highest BCUT2D eigenvalue weighted by atomic mass is 19.1. The van der Waals surface area contributed by atoms with Crippen molar-refractivity contribution in [3.8, 4) is 0 Å². The summed E-state index contributed by atoms with van der Waals surface area (Å²) in [5.41, 5.74) is 3.47. The van der Waals surface area contributed by atoms with Gasteiger partial charge in [0.2, 0.25) is 11.6 Å². The Bertz CT molecular complexity index is 355. The first-order chi connectivity index (χ1) is 8.44. The molecular formula is C12H20FN3O2. The Labute approximate surface area is 106 Å². The van der Waals surface area contributed by atoms with Gasteiger partial charge in [-0.05, 0) is 26.3 Å². The molecule has 0 unspecified atom stereocenters. The largest absolute Gasteiger partial charge is 0.369 e. The number of primary amides is 1. The first-order valence-corrected chi connectivity index (χ1v) is 6.44. The number of hydrogen-bond acceptors (Lipinski definition) is 3. The lowest BCUT2D eigenvalue weighted by Crippen LogP contribution is -2.55. The fourth-order valence-electron chi connectivity index (χ4n) is 2.72. The molecule has 0 aromatic heterocycles. The number of nitrogens with one attached hydrogen (secondary N) is 1. The topological polar surface area (TPSA) is 75.4 Å². The zero-order valence-corrected chi connectivity index (χ0v) is 10.6. The van der Waals surface area contributed by atoms with Gasteiger partial charge < -0.3 is 16.0 Å². The number of hydrogen-bond donors (Lipinski definition) is 2. The molecule has 18 heavy (non-hydrogen) atoms. The average molecular weight is 257 g/mol. The molecule has 2 aliphatic heterocycles. The monoisotopic (exact) mass is 257 g/mol. The Morgan fingerprint density at radius 3 is 2.72 bits per heavy atom. The van der Waals surface area contributed by atoms with Gasteiger partial charge in [-0.3, -0.25) is 9.59 Å². The molecule has 0 spiro atoms. The maximum Gasteiger partial charge on any atom is 0.261 e. The van der Waals surface area contributed by atoms with Gasteiger partial charge >= 0.3 is 0 Å². The number of carbonyl (C=O) groups is 2. The number of amides is 2. The summed E-state index contributed by atoms with van der Waals surface area (Å²) in [7, 11) is 0. The van der Waals surface area contributed by atoms with Gasteiger partial charge in [0.15, 0.2) is 0 Å². The van der Waals surface area contributed by atoms with Gasteiger partial charge in [-0.25, -0.2) is 4.39 Å². The van der Waals surface area contributed by atoms with Gasteiger partial charge in [0.05, 0.1) is 5.92 Å². The minimum Gasteiger partial charge on any atom is -0.369 e. The molecule has 6 heteroatoms. The molecule has 2 amide bonds. The number of alkyl halides is 1. The molecule has 2 heterocycles. The van der Waals surface area contributed by atoms with Crippen molar-refractivity contribution in [2.75, 3.05) is 19.6 Å². The van der Waals surface area contributed by atoms with E-state index in [4.69, 9.17) is 5.73 Å². The molecule has 0 saturated carbocycles. The smallest absolute Gasteiger partial charge is 0.261 e. The van der Waals surface area contributed by atoms with Crippen molar-refractivity contribution in [2.45, 2.75) is 37.9 Å². The van der Waals surface area contributed by atoms with Crippen LogP contribution in [0.25, 0.3) is 0 Å². The van der Waals surface area contributed by atoms with Crippen LogP contribution in [0.4, 0.5) is 4.39 Å². The second-order valence-corrected chi connectivity index (χ2v) is 5.38. The van der Waals surface area contributed by atoms with Crippen LogP contribution in [0.5, 0.6) is 0 Å². The summed E-state index contributed by atoms with van der Waals surface area (Å²) in [4.78, 5) is 25.0. The van der Waals surface area contributed by atoms with Crippen LogP contribution in [0.3, 0.4) is 0 Å². The van der Waals surface area contributed by atoms with E-state index in [2.05, 4.69) is 5.32 Å². The van der Waals surface area contributed by atoms with Gasteiger partial charge in [-0.1, -0.05) is 0 Å². The lowest BCUT2D eigenvalue weighted by atomic mass is 9.91. The Morgan fingerprint density at radius 1 is 1.44 bits per heavy atom. The molecule has 0 radical (unpaired) electrons. The molecule has 2 rings (SSSR count). The molecule has 0 bridgehead atoms. The first kappa shape index (κ1) is 13.3. The molecule has 2 saturated heterocycles. The third-order valence-corrected chi connectivity index (χ3v) is 4.03. The van der Waals surface area contributed by atoms with Crippen LogP contribution in [0.15, 0.2) is 0 Å². The minimum absolute atomic E-state index is 0.0266. The van der Waals surface area contributed by atoms with E-state index in [9.17, 15) is 14.0 Å². The molecule has 0 aromatic carbocycles. The SMILES string of the molecule is C[C@@H]1CC[C@H](C(N)=O)CN1C(=O)[C@@]1(F)CCNC1. The Kier molecular flexibility index (Phi) is 3.56. The van der Waals surface area contributed by atoms with Gasteiger partial charge in [-0.2, -0.15) is 0 Å². The van der Waals surface area contributed by atoms with Crippen molar-refractivity contribution >= 4 is 11.8 Å². The zero-order chi connectivity index (χ0) is 13.3. The van der Waals surface area contributed by atoms with Crippen LogP contribution >= 0.6 is 0 Å². The number of rotatable bonds is 2. The van der Waals surface area contributed by atoms with E-state index in [1.165, 1.54) is 4.90 Å². The summed E-state index contributed by atoms with van der Waals surface area (Å²) in [5.74, 6) is -1.24. The van der Waals surface area contributed by atoms with Gasteiger partial charge in [-0.15, -0.1) is 0 Å². The predicted octanol–water partition coefficient (Wildman–Crippen LogP) is -0.200. The van der Waals surface area contributed by atoms with Gasteiger partial charge in [0.25, 0.3) is 5.91 Å². The van der Waals surface area contributed by atoms with Crippen molar-refractivity contribution in [1.82, 2.24) is 10.2 Å². The minimum atomic E-state index is -1.81. The van der Waals surface area contributed by atoms with Gasteiger partial charge in [0.1, 0.15) is 0 Å². The highest BCUT2D eigenvalue weighted by Gasteiger charge is 2.46. The molecule has 5 nitrogen and oxygen atoms in total. The maximum absolute atomic E-state index is 14.4. The molecule has 2 fully saturated rings. The fraction of sp³-hybridized carbons (Fsp3) is 0.833. The highest BCUT2D eigenvalue weighted by Crippen LogP contribution is 2.28. The molecule has 102 valence electrons. The van der Waals surface area contributed by atoms with E-state index in [-0.39, 0.29) is 31.5 Å². The average Bonchev–Trinajstić information content (AvgIpc) is 2.77. The Balaban J connectivity index is 2.10. The summed E-state index contributed by atoms with van der Waals surface area (Å²) in [6, 6.07) is -0.0266. The number of halogens is 1. The van der Waals surface area contributed by atoms with Crippen LogP contribution < -0.4 is 11.1 Å². The second kappa shape index (κ2) is 4.84. The zero-order valence-electron chi connectivity index (χ0n) is 10.6. The van der Waals surface area contributed by atoms with Crippen LogP contribution in [-0.2, 0) is 9.59 Å². The van der Waals surface area contributed by atoms with Crippen LogP contribution in [-0.4, -0.2) is 48.1 Å². The van der Waals surface area contributed by atoms with Crippen molar-refractivity contribution < 1.29 is 14.0 Å². The summed E-state index contributed by atoms with van der Waals surface area (Å²) < 4.78 is 14.4. The van der Waals surface area contributed by atoms with Crippen LogP contribution in [0, 0.1) is 5.92 Å². The first-order valence-electron chi connectivity index (χ1n) is 6.44. The Morgan fingerprint density at radius 2 is 2.17 bits per heavy atom. The Hall–Kier alpha value is -1.17. The number of carbonyl (C=O) groups excluding carboxylic acids is 2. The molecule has 2 aliphatic rings. The maximum atomic E-state index is 14.4. The number of nitrogens with zero attached hydrogens (tertiary/aromatic N) is 1. The molecular weight excluding hydrogens is 237 g/mol. The third kappa shape index (κ3) is 2.34. The summed E-state index contributed by atoms with van der Waals surface area (Å²) in [5, 5.41) is 2.87. The number of nitrogens with two attached hydrogens (primary N) is 1. The van der Waals surface area contributed by atoms with E-state index >= 15 is 0 Å². The summed E-state index contributed by atoms with van der Waals surface area (Å²) in [6.07, 6.45) is 1.58. The number of likely N-dealkylation sites (tertiary alicyclic amines) is 1. The molecule has 0 aromatic rings. The summed E-state index contributed by atoms with van der Waals surface area (Å²) >= 11 is 0. The second-order valence-electron chi connectivity index (χ2n) is 5.38. The third-order valence-electron chi connectivity index (χ3n) is 4.03. The van der Waals surface area contributed by atoms with Crippen molar-refractivity contribution in [3.05, 3.63) is 0 Å². The van der Waals surface area contributed by atoms with E-state index in [1.54, 1.807) is 0 Å². The predicted molar refractivity (Wildman–Crippen MR) is 64.4 cm³/mol. The summed E-state index contributed by atoms with van der Waals surface area (Å²) in [6.45, 7) is 2.72. The fourth-order valence-corrected chi connectivity index (χ4v) is 2.72. The van der Waals surface area contributed by atoms with Crippen molar-refractivity contribution in [2.24, 2.45) is 11.7 Å². The molecule has 3 N–H and O–H groups in total. The lowest BCUT2D eigenvalue weighted by Gasteiger charge is -2.39. The standard InChI is InChI=1S/C12H20FN3O2/c1-8-2-3-9(10(14)17)6-16(8)11(18)12(13)4-5-15-7-12/h8-9,15H,2-7H2,1H3,(H2,14,17)/t8-,9+,12-/m1/s1. The van der Waals surface area contributed by atoms with Crippen molar-refractivity contribution in [1.29, 1.82) is 0 Å². The molecule has 3 atom stereocenters. The van der Waals surface area contributed by atoms with Crippen LogP contribution in [0.2, 0.25) is 0 Å². The van der Waals surface area contributed by atoms with Crippen molar-refractivity contribution in [3.63, 3.8) is 0 Å². The number of piperidine rings is 1. The van der Waals surface area contributed by atoms with Gasteiger partial charge in [0, 0.05) is 25.6 Å². The van der Waals surface area contributed by atoms with E-state index < -0.39 is 17.5 Å².